The van der Waals surface area contributed by atoms with Crippen LogP contribution in [0.15, 0.2) is 78.9 Å². The van der Waals surface area contributed by atoms with Crippen molar-refractivity contribution in [2.45, 2.75) is 4.08 Å². The van der Waals surface area contributed by atoms with Crippen molar-refractivity contribution in [1.82, 2.24) is 0 Å². The molecule has 0 aliphatic rings. The average molecular weight is 434 g/mol. The fourth-order valence-corrected chi connectivity index (χ4v) is 6.42. The van der Waals surface area contributed by atoms with E-state index in [0.717, 1.165) is 0 Å². The number of anilines is 2. The van der Waals surface area contributed by atoms with Crippen molar-refractivity contribution >= 4 is 31.6 Å². The number of rotatable bonds is 6. The van der Waals surface area contributed by atoms with Gasteiger partial charge in [-0.2, -0.15) is 16.8 Å². The maximum absolute atomic E-state index is 13.5. The maximum Gasteiger partial charge on any atom is 0.341 e. The molecule has 8 nitrogen and oxygen atoms in total. The van der Waals surface area contributed by atoms with Crippen molar-refractivity contribution in [3.8, 4) is 5.75 Å². The van der Waals surface area contributed by atoms with Crippen molar-refractivity contribution in [3.05, 3.63) is 90.0 Å². The lowest BCUT2D eigenvalue weighted by atomic mass is 10.0. The molecule has 0 aromatic heterocycles. The van der Waals surface area contributed by atoms with E-state index in [1.165, 1.54) is 66.7 Å². The average Bonchev–Trinajstić information content (AvgIpc) is 2.65. The molecule has 0 saturated heterocycles. The van der Waals surface area contributed by atoms with Crippen LogP contribution in [-0.4, -0.2) is 21.4 Å². The summed E-state index contributed by atoms with van der Waals surface area (Å²) in [6.45, 7) is 0. The van der Waals surface area contributed by atoms with E-state index in [2.05, 4.69) is 0 Å². The van der Waals surface area contributed by atoms with Crippen LogP contribution in [0.1, 0.15) is 11.1 Å². The number of para-hydroxylation sites is 2. The van der Waals surface area contributed by atoms with Gasteiger partial charge in [-0.25, -0.2) is 0 Å². The normalized spacial score (nSPS) is 14.1. The molecule has 1 unspecified atom stereocenters. The highest BCUT2D eigenvalue weighted by Gasteiger charge is 2.61. The third kappa shape index (κ3) is 3.41. The zero-order valence-electron chi connectivity index (χ0n) is 15.0. The smallest absolute Gasteiger partial charge is 0.341 e. The van der Waals surface area contributed by atoms with Gasteiger partial charge in [0.05, 0.1) is 11.4 Å². The molecule has 0 amide bonds. The van der Waals surface area contributed by atoms with Crippen LogP contribution in [0, 0.1) is 0 Å². The van der Waals surface area contributed by atoms with Gasteiger partial charge in [-0.3, -0.25) is 4.55 Å². The first kappa shape index (κ1) is 20.6. The highest BCUT2D eigenvalue weighted by Crippen LogP contribution is 2.46. The molecule has 0 fully saturated rings. The number of benzene rings is 3. The minimum absolute atomic E-state index is 0.0543. The summed E-state index contributed by atoms with van der Waals surface area (Å²) in [6.07, 6.45) is 0. The Hall–Kier alpha value is -3.08. The van der Waals surface area contributed by atoms with Gasteiger partial charge in [-0.15, -0.1) is 0 Å². The van der Waals surface area contributed by atoms with Crippen LogP contribution in [0.25, 0.3) is 0 Å². The number of hydrogen-bond donors (Lipinski definition) is 3. The molecule has 0 aliphatic carbocycles. The molecule has 3 aromatic carbocycles. The Bertz CT molecular complexity index is 1230. The first-order valence-electron chi connectivity index (χ1n) is 8.27. The van der Waals surface area contributed by atoms with Gasteiger partial charge in [-0.1, -0.05) is 60.7 Å². The van der Waals surface area contributed by atoms with Crippen LogP contribution in [0.2, 0.25) is 0 Å². The van der Waals surface area contributed by atoms with Crippen molar-refractivity contribution < 1.29 is 25.6 Å². The molecule has 0 spiro atoms. The van der Waals surface area contributed by atoms with E-state index in [-0.39, 0.29) is 22.7 Å². The highest BCUT2D eigenvalue weighted by molar-refractivity contribution is 8.05. The molecule has 5 N–H and O–H groups in total. The highest BCUT2D eigenvalue weighted by atomic mass is 32.3. The van der Waals surface area contributed by atoms with E-state index in [0.29, 0.717) is 0 Å². The van der Waals surface area contributed by atoms with Crippen molar-refractivity contribution in [3.63, 3.8) is 0 Å². The SMILES string of the molecule is Nc1cccc(C(c2ccccc2)(S(=O)(=O)O)S(=O)(=O)Oc2ccccc2)c1N. The van der Waals surface area contributed by atoms with Gasteiger partial charge >= 0.3 is 10.1 Å². The Balaban J connectivity index is 2.45. The lowest BCUT2D eigenvalue weighted by Crippen LogP contribution is -2.47. The van der Waals surface area contributed by atoms with Crippen LogP contribution in [-0.2, 0) is 24.3 Å². The lowest BCUT2D eigenvalue weighted by molar-refractivity contribution is 0.440. The summed E-state index contributed by atoms with van der Waals surface area (Å²) in [4.78, 5) is 0. The second-order valence-electron chi connectivity index (χ2n) is 6.12. The molecule has 0 aliphatic heterocycles. The van der Waals surface area contributed by atoms with Gasteiger partial charge in [0.2, 0.25) is 0 Å². The summed E-state index contributed by atoms with van der Waals surface area (Å²) in [5, 5.41) is 0. The van der Waals surface area contributed by atoms with Crippen LogP contribution >= 0.6 is 0 Å². The maximum atomic E-state index is 13.5. The molecule has 0 bridgehead atoms. The van der Waals surface area contributed by atoms with Crippen LogP contribution in [0.3, 0.4) is 0 Å². The number of nitrogens with two attached hydrogens (primary N) is 2. The molecule has 0 saturated carbocycles. The van der Waals surface area contributed by atoms with E-state index in [4.69, 9.17) is 15.7 Å². The Labute approximate surface area is 168 Å². The summed E-state index contributed by atoms with van der Waals surface area (Å²) in [5.41, 5.74) is 10.7. The van der Waals surface area contributed by atoms with E-state index in [1.807, 2.05) is 0 Å². The minimum atomic E-state index is -5.40. The van der Waals surface area contributed by atoms with Gasteiger partial charge in [0.1, 0.15) is 5.75 Å². The van der Waals surface area contributed by atoms with Crippen LogP contribution < -0.4 is 15.7 Å². The molecule has 3 rings (SSSR count). The second kappa shape index (κ2) is 7.39. The van der Waals surface area contributed by atoms with E-state index >= 15 is 0 Å². The minimum Gasteiger partial charge on any atom is -0.397 e. The Kier molecular flexibility index (Phi) is 5.26. The van der Waals surface area contributed by atoms with Crippen molar-refractivity contribution in [1.29, 1.82) is 0 Å². The largest absolute Gasteiger partial charge is 0.397 e. The topological polar surface area (TPSA) is 150 Å². The van der Waals surface area contributed by atoms with Gasteiger partial charge < -0.3 is 15.7 Å². The summed E-state index contributed by atoms with van der Waals surface area (Å²) >= 11 is 0. The van der Waals surface area contributed by atoms with E-state index < -0.39 is 29.9 Å². The third-order valence-corrected chi connectivity index (χ3v) is 8.31. The first-order chi connectivity index (χ1) is 13.6. The molecule has 152 valence electrons. The number of nitrogen functional groups attached to an aromatic ring is 2. The monoisotopic (exact) mass is 434 g/mol. The predicted molar refractivity (Wildman–Crippen MR) is 110 cm³/mol. The summed E-state index contributed by atoms with van der Waals surface area (Å²) in [7, 11) is -10.5. The van der Waals surface area contributed by atoms with E-state index in [1.54, 1.807) is 12.1 Å². The molecule has 1 atom stereocenters. The molecule has 3 aromatic rings. The van der Waals surface area contributed by atoms with E-state index in [9.17, 15) is 21.4 Å². The van der Waals surface area contributed by atoms with Gasteiger partial charge in [0.15, 0.2) is 0 Å². The molecular weight excluding hydrogens is 416 g/mol. The molecular formula is C19H18N2O6S2. The molecule has 29 heavy (non-hydrogen) atoms. The Morgan fingerprint density at radius 1 is 0.759 bits per heavy atom. The Morgan fingerprint density at radius 2 is 1.31 bits per heavy atom. The summed E-state index contributed by atoms with van der Waals surface area (Å²) in [6, 6.07) is 18.1. The van der Waals surface area contributed by atoms with Crippen molar-refractivity contribution in [2.75, 3.05) is 11.5 Å². The second-order valence-corrected chi connectivity index (χ2v) is 9.62. The quantitative estimate of drug-likeness (QED) is 0.304. The standard InChI is InChI=1S/C19H18N2O6S2/c20-17-13-7-12-16(18(17)21)19(28(22,23)24,14-8-3-1-4-9-14)29(25,26)27-15-10-5-2-6-11-15/h1-13H,20-21H2,(H,22,23,24). The Morgan fingerprint density at radius 3 is 1.86 bits per heavy atom. The van der Waals surface area contributed by atoms with Gasteiger partial charge in [-0.05, 0) is 23.8 Å². The summed E-state index contributed by atoms with van der Waals surface area (Å²) < 4.78 is 64.8. The van der Waals surface area contributed by atoms with Gasteiger partial charge in [0, 0.05) is 5.56 Å². The number of hydrogen-bond acceptors (Lipinski definition) is 7. The fourth-order valence-electron chi connectivity index (χ4n) is 3.04. The van der Waals surface area contributed by atoms with Crippen molar-refractivity contribution in [2.24, 2.45) is 0 Å². The predicted octanol–water partition coefficient (Wildman–Crippen LogP) is 2.35. The first-order valence-corrected chi connectivity index (χ1v) is 11.1. The molecule has 10 heteroatoms. The molecule has 0 radical (unpaired) electrons. The zero-order chi connectivity index (χ0) is 21.3. The fraction of sp³-hybridized carbons (Fsp3) is 0.0526. The zero-order valence-corrected chi connectivity index (χ0v) is 16.6. The van der Waals surface area contributed by atoms with Crippen LogP contribution in [0.5, 0.6) is 5.75 Å². The summed E-state index contributed by atoms with van der Waals surface area (Å²) in [5.74, 6) is -0.140. The lowest BCUT2D eigenvalue weighted by Gasteiger charge is -2.31. The van der Waals surface area contributed by atoms with Gasteiger partial charge in [0.25, 0.3) is 14.2 Å². The third-order valence-electron chi connectivity index (χ3n) is 4.31. The van der Waals surface area contributed by atoms with Crippen LogP contribution in [0.4, 0.5) is 11.4 Å². The molecule has 0 heterocycles.